The van der Waals surface area contributed by atoms with Gasteiger partial charge in [-0.15, -0.1) is 10.2 Å². The van der Waals surface area contributed by atoms with E-state index in [1.54, 1.807) is 38.1 Å². The third-order valence-corrected chi connectivity index (χ3v) is 4.84. The third kappa shape index (κ3) is 5.57. The number of nitrogens with zero attached hydrogens (tertiary/aromatic N) is 3. The lowest BCUT2D eigenvalue weighted by Gasteiger charge is -2.26. The Kier molecular flexibility index (Phi) is 5.97. The van der Waals surface area contributed by atoms with Gasteiger partial charge >= 0.3 is 11.3 Å². The maximum Gasteiger partial charge on any atom is 0.432 e. The van der Waals surface area contributed by atoms with Crippen LogP contribution in [0, 0.1) is 0 Å². The fourth-order valence-electron chi connectivity index (χ4n) is 2.51. The standard InChI is InChI=1S/C18H20N4O8S/c1-18(2,19-16(25)30-22-13(23)8-9-14(22)24)10-28-12-6-4-11(5-7-12)15-20-21-17(29-15)31(3,26)27/h4-7H,8-10H2,1-3H3,(H,19,25). The van der Waals surface area contributed by atoms with Crippen LogP contribution in [0.2, 0.25) is 0 Å². The van der Waals surface area contributed by atoms with E-state index in [0.717, 1.165) is 6.26 Å². The van der Waals surface area contributed by atoms with Crippen molar-refractivity contribution in [3.05, 3.63) is 24.3 Å². The van der Waals surface area contributed by atoms with Gasteiger partial charge < -0.3 is 19.3 Å². The van der Waals surface area contributed by atoms with Crippen LogP contribution in [0.5, 0.6) is 5.75 Å². The molecule has 31 heavy (non-hydrogen) atoms. The molecule has 0 bridgehead atoms. The van der Waals surface area contributed by atoms with Crippen LogP contribution in [-0.2, 0) is 24.3 Å². The number of amides is 3. The first-order valence-corrected chi connectivity index (χ1v) is 11.0. The van der Waals surface area contributed by atoms with Gasteiger partial charge in [-0.25, -0.2) is 13.2 Å². The molecular formula is C18H20N4O8S. The van der Waals surface area contributed by atoms with E-state index >= 15 is 0 Å². The van der Waals surface area contributed by atoms with Gasteiger partial charge in [0, 0.05) is 24.7 Å². The lowest BCUT2D eigenvalue weighted by molar-refractivity contribution is -0.171. The number of carbonyl (C=O) groups is 3. The highest BCUT2D eigenvalue weighted by Gasteiger charge is 2.34. The van der Waals surface area contributed by atoms with Crippen molar-refractivity contribution in [2.75, 3.05) is 12.9 Å². The Labute approximate surface area is 177 Å². The average molecular weight is 452 g/mol. The zero-order chi connectivity index (χ0) is 22.8. The van der Waals surface area contributed by atoms with E-state index in [1.165, 1.54) is 0 Å². The first-order chi connectivity index (χ1) is 14.4. The minimum Gasteiger partial charge on any atom is -0.491 e. The molecule has 1 aliphatic rings. The molecule has 13 heteroatoms. The Morgan fingerprint density at radius 1 is 1.16 bits per heavy atom. The molecule has 3 rings (SSSR count). The molecule has 1 fully saturated rings. The third-order valence-electron chi connectivity index (χ3n) is 4.05. The van der Waals surface area contributed by atoms with Crippen LogP contribution >= 0.6 is 0 Å². The lowest BCUT2D eigenvalue weighted by Crippen LogP contribution is -2.50. The SMILES string of the molecule is CC(C)(COc1ccc(-c2nnc(S(C)(=O)=O)o2)cc1)NC(=O)ON1C(=O)CCC1=O. The number of ether oxygens (including phenoxy) is 1. The quantitative estimate of drug-likeness (QED) is 0.603. The highest BCUT2D eigenvalue weighted by Crippen LogP contribution is 2.23. The number of carbonyl (C=O) groups excluding carboxylic acids is 3. The van der Waals surface area contributed by atoms with Crippen LogP contribution in [-0.4, -0.2) is 60.0 Å². The number of rotatable bonds is 7. The zero-order valence-electron chi connectivity index (χ0n) is 16.9. The molecule has 1 saturated heterocycles. The number of aromatic nitrogens is 2. The van der Waals surface area contributed by atoms with Crippen molar-refractivity contribution in [1.82, 2.24) is 20.6 Å². The van der Waals surface area contributed by atoms with E-state index in [-0.39, 0.29) is 25.3 Å². The van der Waals surface area contributed by atoms with Crippen molar-refractivity contribution in [1.29, 1.82) is 0 Å². The number of hydrogen-bond donors (Lipinski definition) is 1. The van der Waals surface area contributed by atoms with Crippen LogP contribution in [0.1, 0.15) is 26.7 Å². The van der Waals surface area contributed by atoms with Crippen molar-refractivity contribution in [3.8, 4) is 17.2 Å². The topological polar surface area (TPSA) is 158 Å². The van der Waals surface area contributed by atoms with Crippen LogP contribution < -0.4 is 10.1 Å². The van der Waals surface area contributed by atoms with Crippen LogP contribution in [0.15, 0.2) is 33.9 Å². The van der Waals surface area contributed by atoms with Crippen LogP contribution in [0.3, 0.4) is 0 Å². The second-order valence-corrected chi connectivity index (χ2v) is 9.32. The van der Waals surface area contributed by atoms with Gasteiger partial charge in [0.25, 0.3) is 11.8 Å². The Hall–Kier alpha value is -3.48. The predicted molar refractivity (Wildman–Crippen MR) is 103 cm³/mol. The summed E-state index contributed by atoms with van der Waals surface area (Å²) in [7, 11) is -3.60. The summed E-state index contributed by atoms with van der Waals surface area (Å²) in [4.78, 5) is 39.8. The fourth-order valence-corrected chi connectivity index (χ4v) is 2.93. The van der Waals surface area contributed by atoms with E-state index in [0.29, 0.717) is 16.4 Å². The largest absolute Gasteiger partial charge is 0.491 e. The Balaban J connectivity index is 1.55. The summed E-state index contributed by atoms with van der Waals surface area (Å²) < 4.78 is 33.6. The van der Waals surface area contributed by atoms with Crippen molar-refractivity contribution in [2.45, 2.75) is 37.5 Å². The second kappa shape index (κ2) is 8.34. The summed E-state index contributed by atoms with van der Waals surface area (Å²) in [6, 6.07) is 6.42. The molecule has 0 saturated carbocycles. The number of hydrogen-bond acceptors (Lipinski definition) is 10. The number of hydroxylamine groups is 2. The van der Waals surface area contributed by atoms with Gasteiger partial charge in [0.05, 0.1) is 5.54 Å². The number of nitrogens with one attached hydrogen (secondary N) is 1. The van der Waals surface area contributed by atoms with Gasteiger partial charge in [0.1, 0.15) is 12.4 Å². The monoisotopic (exact) mass is 452 g/mol. The molecule has 1 aromatic heterocycles. The molecule has 1 N–H and O–H groups in total. The lowest BCUT2D eigenvalue weighted by atomic mass is 10.1. The van der Waals surface area contributed by atoms with Crippen molar-refractivity contribution in [2.24, 2.45) is 0 Å². The molecule has 1 aromatic carbocycles. The van der Waals surface area contributed by atoms with Gasteiger partial charge in [-0.1, -0.05) is 5.10 Å². The summed E-state index contributed by atoms with van der Waals surface area (Å²) in [6.07, 6.45) is 0.0282. The minimum atomic E-state index is -3.60. The Bertz CT molecular complexity index is 1090. The summed E-state index contributed by atoms with van der Waals surface area (Å²) in [5.41, 5.74) is -0.394. The van der Waals surface area contributed by atoms with E-state index in [9.17, 15) is 22.8 Å². The first-order valence-electron chi connectivity index (χ1n) is 9.07. The molecule has 3 amide bonds. The molecule has 0 spiro atoms. The summed E-state index contributed by atoms with van der Waals surface area (Å²) in [5.74, 6) is -0.638. The minimum absolute atomic E-state index is 0.00771. The average Bonchev–Trinajstić information content (AvgIpc) is 3.29. The highest BCUT2D eigenvalue weighted by molar-refractivity contribution is 7.90. The smallest absolute Gasteiger partial charge is 0.432 e. The van der Waals surface area contributed by atoms with E-state index in [1.807, 2.05) is 0 Å². The molecule has 1 aliphatic heterocycles. The summed E-state index contributed by atoms with van der Waals surface area (Å²) >= 11 is 0. The molecule has 12 nitrogen and oxygen atoms in total. The maximum absolute atomic E-state index is 12.0. The number of imide groups is 1. The Morgan fingerprint density at radius 3 is 2.32 bits per heavy atom. The highest BCUT2D eigenvalue weighted by atomic mass is 32.2. The molecule has 2 heterocycles. The molecule has 0 atom stereocenters. The molecule has 0 aliphatic carbocycles. The van der Waals surface area contributed by atoms with Crippen molar-refractivity contribution < 1.29 is 36.8 Å². The van der Waals surface area contributed by atoms with Crippen molar-refractivity contribution >= 4 is 27.7 Å². The molecule has 166 valence electrons. The number of sulfone groups is 1. The van der Waals surface area contributed by atoms with Gasteiger partial charge in [-0.05, 0) is 38.1 Å². The van der Waals surface area contributed by atoms with Gasteiger partial charge in [-0.3, -0.25) is 9.59 Å². The van der Waals surface area contributed by atoms with E-state index in [2.05, 4.69) is 15.5 Å². The normalized spacial score (nSPS) is 14.6. The van der Waals surface area contributed by atoms with E-state index < -0.39 is 38.5 Å². The van der Waals surface area contributed by atoms with Gasteiger partial charge in [0.15, 0.2) is 0 Å². The van der Waals surface area contributed by atoms with Gasteiger partial charge in [-0.2, -0.15) is 0 Å². The second-order valence-electron chi connectivity index (χ2n) is 7.43. The fraction of sp³-hybridized carbons (Fsp3) is 0.389. The number of benzene rings is 1. The summed E-state index contributed by atoms with van der Waals surface area (Å²) in [6.45, 7) is 3.38. The predicted octanol–water partition coefficient (Wildman–Crippen LogP) is 1.09. The van der Waals surface area contributed by atoms with Crippen molar-refractivity contribution in [3.63, 3.8) is 0 Å². The zero-order valence-corrected chi connectivity index (χ0v) is 17.8. The van der Waals surface area contributed by atoms with Crippen LogP contribution in [0.25, 0.3) is 11.5 Å². The van der Waals surface area contributed by atoms with E-state index in [4.69, 9.17) is 14.0 Å². The summed E-state index contributed by atoms with van der Waals surface area (Å²) in [5, 5.41) is 9.71. The Morgan fingerprint density at radius 2 is 1.77 bits per heavy atom. The van der Waals surface area contributed by atoms with Crippen LogP contribution in [0.4, 0.5) is 4.79 Å². The molecule has 0 radical (unpaired) electrons. The molecule has 0 unspecified atom stereocenters. The molecular weight excluding hydrogens is 432 g/mol. The molecule has 2 aromatic rings. The van der Waals surface area contributed by atoms with Gasteiger partial charge in [0.2, 0.25) is 15.7 Å². The maximum atomic E-state index is 12.0. The first kappa shape index (κ1) is 22.2.